The number of hydrogen-bond donors (Lipinski definition) is 3. The molecule has 0 aliphatic carbocycles. The fourth-order valence-electron chi connectivity index (χ4n) is 1.12. The van der Waals surface area contributed by atoms with Crippen molar-refractivity contribution in [3.05, 3.63) is 23.8 Å². The molecule has 0 heterocycles. The first kappa shape index (κ1) is 11.0. The van der Waals surface area contributed by atoms with Gasteiger partial charge in [-0.15, -0.1) is 0 Å². The summed E-state index contributed by atoms with van der Waals surface area (Å²) in [5, 5.41) is 2.68. The van der Waals surface area contributed by atoms with Crippen LogP contribution in [0, 0.1) is 0 Å². The summed E-state index contributed by atoms with van der Waals surface area (Å²) in [5.41, 5.74) is 6.53. The molecule has 0 aliphatic rings. The number of benzene rings is 1. The van der Waals surface area contributed by atoms with E-state index in [1.807, 2.05) is 0 Å². The molecule has 1 rings (SSSR count). The molecule has 78 valence electrons. The Bertz CT molecular complexity index is 428. The molecular weight excluding hydrogens is 204 g/mol. The normalized spacial score (nSPS) is 11.4. The van der Waals surface area contributed by atoms with Gasteiger partial charge in [-0.3, -0.25) is 4.55 Å². The molecule has 0 bridgehead atoms. The topological polar surface area (TPSA) is 92.4 Å². The molecule has 1 aromatic rings. The van der Waals surface area contributed by atoms with Crippen molar-refractivity contribution in [2.24, 2.45) is 5.73 Å². The Labute approximate surface area is 82.7 Å². The standard InChI is InChI=1S/C8H12N2O3S/c1-10-7-4-6(5-9)2-3-8(7)14(11,12)13/h2-4,10H,5,9H2,1H3,(H,11,12,13). The first-order valence-corrected chi connectivity index (χ1v) is 5.41. The molecule has 0 saturated carbocycles. The van der Waals surface area contributed by atoms with Crippen LogP contribution < -0.4 is 11.1 Å². The SMILES string of the molecule is CNc1cc(CN)ccc1S(=O)(=O)O. The summed E-state index contributed by atoms with van der Waals surface area (Å²) in [5.74, 6) is 0. The van der Waals surface area contributed by atoms with Crippen molar-refractivity contribution in [3.63, 3.8) is 0 Å². The van der Waals surface area contributed by atoms with E-state index in [0.717, 1.165) is 5.56 Å². The lowest BCUT2D eigenvalue weighted by Crippen LogP contribution is -2.05. The van der Waals surface area contributed by atoms with Crippen LogP contribution >= 0.6 is 0 Å². The zero-order chi connectivity index (χ0) is 10.8. The molecule has 0 aliphatic heterocycles. The molecular formula is C8H12N2O3S. The second kappa shape index (κ2) is 3.95. The summed E-state index contributed by atoms with van der Waals surface area (Å²) in [4.78, 5) is -0.141. The van der Waals surface area contributed by atoms with Gasteiger partial charge in [-0.25, -0.2) is 0 Å². The largest absolute Gasteiger partial charge is 0.387 e. The third-order valence-electron chi connectivity index (χ3n) is 1.83. The molecule has 4 N–H and O–H groups in total. The Morgan fingerprint density at radius 1 is 1.50 bits per heavy atom. The van der Waals surface area contributed by atoms with Gasteiger partial charge in [-0.1, -0.05) is 6.07 Å². The minimum Gasteiger partial charge on any atom is -0.387 e. The van der Waals surface area contributed by atoms with Crippen LogP contribution in [0.15, 0.2) is 23.1 Å². The number of nitrogens with one attached hydrogen (secondary N) is 1. The highest BCUT2D eigenvalue weighted by molar-refractivity contribution is 7.86. The Morgan fingerprint density at radius 2 is 2.14 bits per heavy atom. The zero-order valence-electron chi connectivity index (χ0n) is 7.69. The Balaban J connectivity index is 3.33. The predicted molar refractivity (Wildman–Crippen MR) is 53.7 cm³/mol. The van der Waals surface area contributed by atoms with Crippen molar-refractivity contribution >= 4 is 15.8 Å². The number of nitrogens with two attached hydrogens (primary N) is 1. The zero-order valence-corrected chi connectivity index (χ0v) is 8.50. The molecule has 14 heavy (non-hydrogen) atoms. The first-order valence-electron chi connectivity index (χ1n) is 3.97. The van der Waals surface area contributed by atoms with Crippen LogP contribution in [0.2, 0.25) is 0 Å². The molecule has 0 aromatic heterocycles. The van der Waals surface area contributed by atoms with Gasteiger partial charge in [0.25, 0.3) is 10.1 Å². The quantitative estimate of drug-likeness (QED) is 0.637. The van der Waals surface area contributed by atoms with Gasteiger partial charge in [0.15, 0.2) is 0 Å². The summed E-state index contributed by atoms with van der Waals surface area (Å²) >= 11 is 0. The molecule has 0 unspecified atom stereocenters. The number of anilines is 1. The van der Waals surface area contributed by atoms with E-state index in [1.54, 1.807) is 19.2 Å². The van der Waals surface area contributed by atoms with E-state index in [-0.39, 0.29) is 4.90 Å². The van der Waals surface area contributed by atoms with Crippen LogP contribution in [0.3, 0.4) is 0 Å². The summed E-state index contributed by atoms with van der Waals surface area (Å²) in [6.45, 7) is 0.320. The fourth-order valence-corrected chi connectivity index (χ4v) is 1.80. The van der Waals surface area contributed by atoms with Crippen molar-refractivity contribution in [2.75, 3.05) is 12.4 Å². The van der Waals surface area contributed by atoms with Crippen LogP contribution in [0.25, 0.3) is 0 Å². The van der Waals surface area contributed by atoms with Crippen molar-refractivity contribution in [2.45, 2.75) is 11.4 Å². The van der Waals surface area contributed by atoms with Crippen molar-refractivity contribution in [3.8, 4) is 0 Å². The first-order chi connectivity index (χ1) is 6.49. The summed E-state index contributed by atoms with van der Waals surface area (Å²) in [7, 11) is -2.60. The second-order valence-electron chi connectivity index (χ2n) is 2.76. The van der Waals surface area contributed by atoms with Gasteiger partial charge in [0.1, 0.15) is 4.90 Å². The van der Waals surface area contributed by atoms with E-state index >= 15 is 0 Å². The van der Waals surface area contributed by atoms with Crippen molar-refractivity contribution < 1.29 is 13.0 Å². The molecule has 0 amide bonds. The maximum atomic E-state index is 10.9. The Kier molecular flexibility index (Phi) is 3.10. The van der Waals surface area contributed by atoms with E-state index in [4.69, 9.17) is 10.3 Å². The molecule has 1 aromatic carbocycles. The van der Waals surface area contributed by atoms with Crippen molar-refractivity contribution in [1.29, 1.82) is 0 Å². The Morgan fingerprint density at radius 3 is 2.57 bits per heavy atom. The van der Waals surface area contributed by atoms with Gasteiger partial charge in [-0.2, -0.15) is 8.42 Å². The van der Waals surface area contributed by atoms with Gasteiger partial charge >= 0.3 is 0 Å². The molecule has 0 atom stereocenters. The lowest BCUT2D eigenvalue weighted by atomic mass is 10.2. The molecule has 0 saturated heterocycles. The molecule has 0 radical (unpaired) electrons. The minimum atomic E-state index is -4.17. The molecule has 0 fully saturated rings. The lowest BCUT2D eigenvalue weighted by molar-refractivity contribution is 0.483. The van der Waals surface area contributed by atoms with E-state index in [1.165, 1.54) is 6.07 Å². The average molecular weight is 216 g/mol. The van der Waals surface area contributed by atoms with E-state index in [9.17, 15) is 8.42 Å². The van der Waals surface area contributed by atoms with Gasteiger partial charge in [-0.05, 0) is 17.7 Å². The molecule has 6 heteroatoms. The molecule has 0 spiro atoms. The summed E-state index contributed by atoms with van der Waals surface area (Å²) in [6.07, 6.45) is 0. The highest BCUT2D eigenvalue weighted by Crippen LogP contribution is 2.21. The third kappa shape index (κ3) is 2.22. The van der Waals surface area contributed by atoms with Gasteiger partial charge in [0.2, 0.25) is 0 Å². The second-order valence-corrected chi connectivity index (χ2v) is 4.15. The van der Waals surface area contributed by atoms with Crippen LogP contribution in [0.4, 0.5) is 5.69 Å². The lowest BCUT2D eigenvalue weighted by Gasteiger charge is -2.07. The van der Waals surface area contributed by atoms with Crippen LogP contribution in [0.5, 0.6) is 0 Å². The minimum absolute atomic E-state index is 0.141. The van der Waals surface area contributed by atoms with Gasteiger partial charge in [0, 0.05) is 13.6 Å². The summed E-state index contributed by atoms with van der Waals surface area (Å²) in [6, 6.07) is 4.47. The van der Waals surface area contributed by atoms with Gasteiger partial charge in [0.05, 0.1) is 5.69 Å². The van der Waals surface area contributed by atoms with E-state index in [0.29, 0.717) is 12.2 Å². The maximum absolute atomic E-state index is 10.9. The van der Waals surface area contributed by atoms with Crippen LogP contribution in [-0.4, -0.2) is 20.0 Å². The summed E-state index contributed by atoms with van der Waals surface area (Å²) < 4.78 is 30.7. The van der Waals surface area contributed by atoms with E-state index < -0.39 is 10.1 Å². The maximum Gasteiger partial charge on any atom is 0.296 e. The Hall–Kier alpha value is -1.11. The average Bonchev–Trinajstić information content (AvgIpc) is 2.15. The van der Waals surface area contributed by atoms with Gasteiger partial charge < -0.3 is 11.1 Å². The third-order valence-corrected chi connectivity index (χ3v) is 2.74. The van der Waals surface area contributed by atoms with Crippen LogP contribution in [0.1, 0.15) is 5.56 Å². The monoisotopic (exact) mass is 216 g/mol. The predicted octanol–water partition coefficient (Wildman–Crippen LogP) is 0.434. The highest BCUT2D eigenvalue weighted by atomic mass is 32.2. The van der Waals surface area contributed by atoms with E-state index in [2.05, 4.69) is 5.32 Å². The smallest absolute Gasteiger partial charge is 0.296 e. The highest BCUT2D eigenvalue weighted by Gasteiger charge is 2.14. The van der Waals surface area contributed by atoms with Crippen LogP contribution in [-0.2, 0) is 16.7 Å². The fraction of sp³-hybridized carbons (Fsp3) is 0.250. The molecule has 5 nitrogen and oxygen atoms in total. The van der Waals surface area contributed by atoms with Crippen molar-refractivity contribution in [1.82, 2.24) is 0 Å². The number of hydrogen-bond acceptors (Lipinski definition) is 4. The number of rotatable bonds is 3.